The van der Waals surface area contributed by atoms with Gasteiger partial charge in [0.15, 0.2) is 0 Å². The summed E-state index contributed by atoms with van der Waals surface area (Å²) in [7, 11) is 0. The summed E-state index contributed by atoms with van der Waals surface area (Å²) in [4.78, 5) is 109. The highest BCUT2D eigenvalue weighted by Crippen LogP contribution is 2.31. The van der Waals surface area contributed by atoms with Crippen LogP contribution in [0.5, 0.6) is 11.5 Å². The predicted octanol–water partition coefficient (Wildman–Crippen LogP) is 4.08. The number of nitrogens with zero attached hydrogens (tertiary/aromatic N) is 1. The molecule has 5 atom stereocenters. The maximum absolute atomic E-state index is 14.7. The molecule has 1 aliphatic rings. The minimum absolute atomic E-state index is 0.00983. The normalized spacial score (nSPS) is 17.3. The summed E-state index contributed by atoms with van der Waals surface area (Å²) in [5.41, 5.74) is -2.15. The molecule has 1 aliphatic heterocycles. The fraction of sp³-hybridized carbons (Fsp3) is 0.608. The maximum atomic E-state index is 14.7. The molecule has 0 aromatic heterocycles. The van der Waals surface area contributed by atoms with E-state index in [0.29, 0.717) is 11.1 Å². The lowest BCUT2D eigenvalue weighted by Crippen LogP contribution is -2.59. The smallest absolute Gasteiger partial charge is 0.408 e. The van der Waals surface area contributed by atoms with Gasteiger partial charge in [-0.05, 0) is 155 Å². The second-order valence-corrected chi connectivity index (χ2v) is 22.1. The first-order valence-electron chi connectivity index (χ1n) is 24.6. The van der Waals surface area contributed by atoms with Crippen molar-refractivity contribution in [2.24, 2.45) is 0 Å². The molecule has 0 radical (unpaired) electrons. The second kappa shape index (κ2) is 26.3. The van der Waals surface area contributed by atoms with Crippen LogP contribution in [-0.4, -0.2) is 152 Å². The quantitative estimate of drug-likeness (QED) is 0.0834. The minimum Gasteiger partial charge on any atom is -0.508 e. The van der Waals surface area contributed by atoms with Crippen molar-refractivity contribution in [3.05, 3.63) is 47.5 Å². The molecule has 8 amide bonds. The summed E-state index contributed by atoms with van der Waals surface area (Å²) < 4.78 is 16.1. The van der Waals surface area contributed by atoms with Crippen LogP contribution in [0.2, 0.25) is 0 Å². The second-order valence-electron chi connectivity index (χ2n) is 22.1. The summed E-state index contributed by atoms with van der Waals surface area (Å²) in [6.07, 6.45) is -5.93. The molecule has 412 valence electrons. The highest BCUT2D eigenvalue weighted by atomic mass is 16.6. The van der Waals surface area contributed by atoms with E-state index in [2.05, 4.69) is 37.2 Å². The molecule has 2 aromatic carbocycles. The number of alkyl carbamates (subject to hydrolysis) is 3. The molecule has 0 fully saturated rings. The number of amides is 8. The highest BCUT2D eigenvalue weighted by Gasteiger charge is 2.35. The largest absolute Gasteiger partial charge is 0.508 e. The van der Waals surface area contributed by atoms with Gasteiger partial charge in [0.1, 0.15) is 52.5 Å². The van der Waals surface area contributed by atoms with Gasteiger partial charge in [-0.3, -0.25) is 19.2 Å². The number of carbonyl (C=O) groups excluding carboxylic acids is 7. The number of nitrogens with one attached hydrogen (secondary N) is 7. The van der Waals surface area contributed by atoms with Gasteiger partial charge in [-0.15, -0.1) is 0 Å². The number of hydrogen-bond donors (Lipinski definition) is 11. The fourth-order valence-electron chi connectivity index (χ4n) is 7.40. The summed E-state index contributed by atoms with van der Waals surface area (Å²) in [5, 5.41) is 61.2. The van der Waals surface area contributed by atoms with Crippen LogP contribution in [0.4, 0.5) is 19.2 Å². The third-order valence-electron chi connectivity index (χ3n) is 10.9. The molecule has 0 saturated carbocycles. The van der Waals surface area contributed by atoms with Crippen LogP contribution in [-0.2, 0) is 46.2 Å². The molecule has 3 rings (SSSR count). The average molecular weight is 1040 g/mol. The molecule has 0 saturated heterocycles. The van der Waals surface area contributed by atoms with E-state index in [9.17, 15) is 58.8 Å². The number of hydrogen-bond acceptors (Lipinski definition) is 14. The number of β-amino-alcohol motifs (C(OH)–C–C–N with tert-alkyl or cyclic N) is 1. The number of aromatic hydroxyl groups is 2. The number of aliphatic hydroxyl groups is 1. The van der Waals surface area contributed by atoms with Crippen molar-refractivity contribution in [3.8, 4) is 22.6 Å². The average Bonchev–Trinajstić information content (AvgIpc) is 3.24. The molecule has 23 heteroatoms. The molecule has 4 bridgehead atoms. The number of phenolic OH excluding ortho intramolecular Hbond substituents is 2. The van der Waals surface area contributed by atoms with Gasteiger partial charge in [-0.25, -0.2) is 19.2 Å². The Balaban J connectivity index is 2.11. The van der Waals surface area contributed by atoms with Crippen LogP contribution in [0, 0.1) is 0 Å². The van der Waals surface area contributed by atoms with Crippen LogP contribution < -0.4 is 37.2 Å². The Morgan fingerprint density at radius 1 is 0.689 bits per heavy atom. The third kappa shape index (κ3) is 21.6. The number of ether oxygens (including phenoxy) is 3. The number of rotatable bonds is 16. The number of carbonyl (C=O) groups is 8. The number of carboxylic acid groups (broad SMARTS) is 1. The van der Waals surface area contributed by atoms with Gasteiger partial charge < -0.3 is 76.8 Å². The molecule has 1 heterocycles. The van der Waals surface area contributed by atoms with Crippen LogP contribution in [0.25, 0.3) is 11.1 Å². The van der Waals surface area contributed by atoms with Gasteiger partial charge in [0.25, 0.3) is 0 Å². The van der Waals surface area contributed by atoms with Crippen LogP contribution in [0.15, 0.2) is 36.4 Å². The lowest BCUT2D eigenvalue weighted by molar-refractivity contribution is -0.134. The van der Waals surface area contributed by atoms with Gasteiger partial charge in [-0.1, -0.05) is 12.1 Å². The summed E-state index contributed by atoms with van der Waals surface area (Å²) in [5.74, 6) is -4.05. The molecular weight excluding hydrogens is 965 g/mol. The maximum Gasteiger partial charge on any atom is 0.408 e. The minimum atomic E-state index is -1.59. The lowest BCUT2D eigenvalue weighted by Gasteiger charge is -2.34. The van der Waals surface area contributed by atoms with E-state index in [1.54, 1.807) is 107 Å². The molecule has 2 aromatic rings. The first kappa shape index (κ1) is 61.3. The SMILES string of the molecule is CC(C)(C)OC(=O)NCCC[C@H](NC(=O)[C@@H]1Cc2cc(ccc2O)-c2ccc(O)c(c2)C[C@H](NC(=O)OC(C)(C)C)C(=O)N[C@@H](CCCNC(=O)OC(C)(C)C)C(=O)N1)C(=O)NCC(O)CN(C(=O)O)C(C)(C)C. The van der Waals surface area contributed by atoms with Crippen LogP contribution in [0.1, 0.15) is 120 Å². The van der Waals surface area contributed by atoms with E-state index < -0.39 is 114 Å². The number of aliphatic hydroxyl groups excluding tert-OH is 1. The molecule has 1 unspecified atom stereocenters. The van der Waals surface area contributed by atoms with Crippen molar-refractivity contribution in [3.63, 3.8) is 0 Å². The Labute approximate surface area is 432 Å². The highest BCUT2D eigenvalue weighted by molar-refractivity contribution is 5.95. The summed E-state index contributed by atoms with van der Waals surface area (Å²) in [6.45, 7) is 19.0. The molecular formula is C51H78N8O15. The monoisotopic (exact) mass is 1040 g/mol. The van der Waals surface area contributed by atoms with Gasteiger partial charge in [0.2, 0.25) is 23.6 Å². The van der Waals surface area contributed by atoms with Gasteiger partial charge in [0, 0.05) is 38.0 Å². The zero-order valence-electron chi connectivity index (χ0n) is 44.6. The summed E-state index contributed by atoms with van der Waals surface area (Å²) >= 11 is 0. The Hall–Kier alpha value is -7.04. The van der Waals surface area contributed by atoms with Crippen molar-refractivity contribution < 1.29 is 73.0 Å². The van der Waals surface area contributed by atoms with E-state index >= 15 is 0 Å². The zero-order chi connectivity index (χ0) is 55.9. The van der Waals surface area contributed by atoms with E-state index in [4.69, 9.17) is 14.2 Å². The van der Waals surface area contributed by atoms with E-state index in [1.807, 2.05) is 0 Å². The van der Waals surface area contributed by atoms with Crippen molar-refractivity contribution >= 4 is 48.0 Å². The van der Waals surface area contributed by atoms with Crippen molar-refractivity contribution in [1.29, 1.82) is 0 Å². The Kier molecular flexibility index (Phi) is 21.7. The van der Waals surface area contributed by atoms with Gasteiger partial charge >= 0.3 is 24.4 Å². The Morgan fingerprint density at radius 3 is 1.69 bits per heavy atom. The number of phenols is 2. The van der Waals surface area contributed by atoms with Crippen molar-refractivity contribution in [2.75, 3.05) is 26.2 Å². The van der Waals surface area contributed by atoms with Crippen LogP contribution >= 0.6 is 0 Å². The molecule has 23 nitrogen and oxygen atoms in total. The molecule has 0 spiro atoms. The Morgan fingerprint density at radius 2 is 1.19 bits per heavy atom. The topological polar surface area (TPSA) is 333 Å². The van der Waals surface area contributed by atoms with E-state index in [1.165, 1.54) is 12.1 Å². The lowest BCUT2D eigenvalue weighted by atomic mass is 9.95. The predicted molar refractivity (Wildman–Crippen MR) is 272 cm³/mol. The molecule has 11 N–H and O–H groups in total. The van der Waals surface area contributed by atoms with E-state index in [-0.39, 0.29) is 74.4 Å². The standard InChI is InChI=1S/C51H78N8O15/c1-48(2,3)59(47(70)71)28-33(60)27-54-40(63)34(15-13-21-52-44(67)72-49(4,5)6)55-42(65)36-25-31-23-29(17-19-38(31)61)30-18-20-39(62)32(24-30)26-37(58-46(69)74-51(10,11)12)43(66)56-35(41(64)57-36)16-14-22-53-45(68)73-50(7,8)9/h17-20,23-24,33-37,60-62H,13-16,21-22,25-28H2,1-12H3,(H,52,67)(H,53,68)(H,54,63)(H,55,65)(H,56,66)(H,57,64)(H,58,69)(H,70,71)/t33?,34-,35-,36-,37-/m0/s1. The number of fused-ring (bicyclic) bond motifs is 5. The van der Waals surface area contributed by atoms with Gasteiger partial charge in [0.05, 0.1) is 12.6 Å². The van der Waals surface area contributed by atoms with E-state index in [0.717, 1.165) is 4.90 Å². The zero-order valence-corrected chi connectivity index (χ0v) is 44.6. The number of benzene rings is 2. The van der Waals surface area contributed by atoms with Gasteiger partial charge in [-0.2, -0.15) is 0 Å². The Bertz CT molecular complexity index is 2320. The first-order chi connectivity index (χ1) is 34.1. The van der Waals surface area contributed by atoms with Crippen molar-refractivity contribution in [1.82, 2.24) is 42.1 Å². The molecule has 0 aliphatic carbocycles. The fourth-order valence-corrected chi connectivity index (χ4v) is 7.40. The van der Waals surface area contributed by atoms with Crippen molar-refractivity contribution in [2.45, 2.75) is 174 Å². The van der Waals surface area contributed by atoms with Crippen LogP contribution in [0.3, 0.4) is 0 Å². The molecule has 74 heavy (non-hydrogen) atoms. The first-order valence-corrected chi connectivity index (χ1v) is 24.6. The third-order valence-corrected chi connectivity index (χ3v) is 10.9. The summed E-state index contributed by atoms with van der Waals surface area (Å²) in [6, 6.07) is 3.14.